The summed E-state index contributed by atoms with van der Waals surface area (Å²) < 4.78 is 0. The van der Waals surface area contributed by atoms with Crippen molar-refractivity contribution in [3.8, 4) is 0 Å². The van der Waals surface area contributed by atoms with Crippen molar-refractivity contribution < 1.29 is 0 Å². The SMILES string of the molecule is C1CCCCN[SiH2]CCCC1. The minimum absolute atomic E-state index is 0.148. The van der Waals surface area contributed by atoms with Gasteiger partial charge in [0.15, 0.2) is 0 Å². The van der Waals surface area contributed by atoms with Crippen LogP contribution in [0.1, 0.15) is 44.9 Å². The van der Waals surface area contributed by atoms with Gasteiger partial charge >= 0.3 is 0 Å². The molecule has 2 heteroatoms. The highest BCUT2D eigenvalue weighted by atomic mass is 28.2. The van der Waals surface area contributed by atoms with Crippen LogP contribution in [0.3, 0.4) is 0 Å². The molecule has 0 bridgehead atoms. The molecular formula is C9H21NSi. The molecule has 66 valence electrons. The second-order valence-corrected chi connectivity index (χ2v) is 5.29. The minimum atomic E-state index is 0.148. The lowest BCUT2D eigenvalue weighted by molar-refractivity contribution is 0.594. The topological polar surface area (TPSA) is 12.0 Å². The van der Waals surface area contributed by atoms with Crippen molar-refractivity contribution in [2.75, 3.05) is 6.54 Å². The smallest absolute Gasteiger partial charge is 0.0916 e. The third-order valence-electron chi connectivity index (χ3n) is 2.46. The van der Waals surface area contributed by atoms with Crippen LogP contribution in [0, 0.1) is 0 Å². The lowest BCUT2D eigenvalue weighted by Crippen LogP contribution is -2.19. The molecule has 0 aromatic heterocycles. The van der Waals surface area contributed by atoms with Crippen molar-refractivity contribution in [2.24, 2.45) is 0 Å². The largest absolute Gasteiger partial charge is 0.342 e. The molecule has 0 unspecified atom stereocenters. The highest BCUT2D eigenvalue weighted by Gasteiger charge is 1.95. The Kier molecular flexibility index (Phi) is 5.78. The average molecular weight is 171 g/mol. The number of rotatable bonds is 0. The van der Waals surface area contributed by atoms with Gasteiger partial charge in [-0.1, -0.05) is 38.5 Å². The van der Waals surface area contributed by atoms with E-state index < -0.39 is 0 Å². The summed E-state index contributed by atoms with van der Waals surface area (Å²) in [7, 11) is 0.148. The first-order chi connectivity index (χ1) is 5.50. The van der Waals surface area contributed by atoms with Gasteiger partial charge in [0.2, 0.25) is 0 Å². The fourth-order valence-electron chi connectivity index (χ4n) is 1.69. The standard InChI is InChI=1S/C9H21NSi/c1-2-4-6-8-10-11-9-7-5-3-1/h10H,1-9,11H2. The molecule has 1 saturated heterocycles. The summed E-state index contributed by atoms with van der Waals surface area (Å²) in [6.45, 7) is 1.31. The molecule has 0 aliphatic carbocycles. The van der Waals surface area contributed by atoms with Crippen LogP contribution in [-0.2, 0) is 0 Å². The first kappa shape index (κ1) is 9.27. The highest BCUT2D eigenvalue weighted by Crippen LogP contribution is 2.08. The predicted molar refractivity (Wildman–Crippen MR) is 53.7 cm³/mol. The minimum Gasteiger partial charge on any atom is -0.342 e. The molecule has 0 spiro atoms. The summed E-state index contributed by atoms with van der Waals surface area (Å²) >= 11 is 0. The van der Waals surface area contributed by atoms with Crippen molar-refractivity contribution in [3.63, 3.8) is 0 Å². The van der Waals surface area contributed by atoms with E-state index in [0.717, 1.165) is 0 Å². The van der Waals surface area contributed by atoms with E-state index >= 15 is 0 Å². The molecule has 0 aromatic carbocycles. The van der Waals surface area contributed by atoms with E-state index in [2.05, 4.69) is 4.98 Å². The van der Waals surface area contributed by atoms with Gasteiger partial charge in [-0.2, -0.15) is 0 Å². The Hall–Kier alpha value is 0.177. The van der Waals surface area contributed by atoms with Gasteiger partial charge in [-0.05, 0) is 19.0 Å². The molecule has 0 atom stereocenters. The van der Waals surface area contributed by atoms with E-state index in [1.54, 1.807) is 0 Å². The van der Waals surface area contributed by atoms with E-state index in [0.29, 0.717) is 0 Å². The van der Waals surface area contributed by atoms with Crippen LogP contribution in [0.25, 0.3) is 0 Å². The van der Waals surface area contributed by atoms with E-state index in [1.165, 1.54) is 57.5 Å². The molecule has 0 amide bonds. The van der Waals surface area contributed by atoms with Gasteiger partial charge in [0.1, 0.15) is 0 Å². The van der Waals surface area contributed by atoms with Gasteiger partial charge in [0.05, 0.1) is 9.68 Å². The molecule has 1 N–H and O–H groups in total. The van der Waals surface area contributed by atoms with Gasteiger partial charge < -0.3 is 4.98 Å². The zero-order valence-corrected chi connectivity index (χ0v) is 8.99. The molecule has 1 nitrogen and oxygen atoms in total. The quantitative estimate of drug-likeness (QED) is 0.548. The van der Waals surface area contributed by atoms with E-state index in [1.807, 2.05) is 0 Å². The lowest BCUT2D eigenvalue weighted by atomic mass is 10.1. The molecule has 1 heterocycles. The first-order valence-corrected chi connectivity index (χ1v) is 6.91. The third kappa shape index (κ3) is 5.45. The van der Waals surface area contributed by atoms with Crippen LogP contribution in [0.15, 0.2) is 0 Å². The second-order valence-electron chi connectivity index (χ2n) is 3.58. The van der Waals surface area contributed by atoms with Crippen molar-refractivity contribution >= 4 is 9.68 Å². The lowest BCUT2D eigenvalue weighted by Gasteiger charge is -2.00. The Bertz CT molecular complexity index is 47.6. The van der Waals surface area contributed by atoms with Gasteiger partial charge in [-0.25, -0.2) is 0 Å². The Morgan fingerprint density at radius 2 is 1.36 bits per heavy atom. The second kappa shape index (κ2) is 6.86. The van der Waals surface area contributed by atoms with Crippen molar-refractivity contribution in [2.45, 2.75) is 51.0 Å². The normalized spacial score (nSPS) is 26.2. The fourth-order valence-corrected chi connectivity index (χ4v) is 3.04. The Labute approximate surface area is 72.9 Å². The Morgan fingerprint density at radius 1 is 0.727 bits per heavy atom. The zero-order chi connectivity index (χ0) is 7.78. The van der Waals surface area contributed by atoms with Crippen molar-refractivity contribution in [1.82, 2.24) is 4.98 Å². The average Bonchev–Trinajstić information content (AvgIpc) is 2.08. The molecule has 0 aromatic rings. The van der Waals surface area contributed by atoms with Crippen LogP contribution in [0.5, 0.6) is 0 Å². The van der Waals surface area contributed by atoms with E-state index in [9.17, 15) is 0 Å². The Morgan fingerprint density at radius 3 is 2.18 bits per heavy atom. The summed E-state index contributed by atoms with van der Waals surface area (Å²) in [5.41, 5.74) is 0. The van der Waals surface area contributed by atoms with Gasteiger partial charge in [-0.15, -0.1) is 0 Å². The van der Waals surface area contributed by atoms with E-state index in [-0.39, 0.29) is 9.68 Å². The van der Waals surface area contributed by atoms with Crippen LogP contribution < -0.4 is 4.98 Å². The van der Waals surface area contributed by atoms with Crippen molar-refractivity contribution in [1.29, 1.82) is 0 Å². The monoisotopic (exact) mass is 171 g/mol. The van der Waals surface area contributed by atoms with Crippen LogP contribution in [0.4, 0.5) is 0 Å². The highest BCUT2D eigenvalue weighted by molar-refractivity contribution is 6.31. The molecule has 11 heavy (non-hydrogen) atoms. The summed E-state index contributed by atoms with van der Waals surface area (Å²) in [6.07, 6.45) is 10.3. The third-order valence-corrected chi connectivity index (χ3v) is 4.02. The van der Waals surface area contributed by atoms with E-state index in [4.69, 9.17) is 0 Å². The van der Waals surface area contributed by atoms with Gasteiger partial charge in [0, 0.05) is 0 Å². The van der Waals surface area contributed by atoms with Crippen LogP contribution in [0.2, 0.25) is 6.04 Å². The van der Waals surface area contributed by atoms with Crippen LogP contribution >= 0.6 is 0 Å². The maximum Gasteiger partial charge on any atom is 0.0916 e. The molecule has 1 aliphatic heterocycles. The number of nitrogens with one attached hydrogen (secondary N) is 1. The molecule has 1 aliphatic rings. The number of hydrogen-bond acceptors (Lipinski definition) is 1. The molecule has 0 saturated carbocycles. The fraction of sp³-hybridized carbons (Fsp3) is 1.00. The van der Waals surface area contributed by atoms with Gasteiger partial charge in [-0.3, -0.25) is 0 Å². The summed E-state index contributed by atoms with van der Waals surface area (Å²) in [4.78, 5) is 3.62. The Balaban J connectivity index is 2.02. The first-order valence-electron chi connectivity index (χ1n) is 5.21. The maximum absolute atomic E-state index is 3.62. The zero-order valence-electron chi connectivity index (χ0n) is 7.57. The number of hydrogen-bond donors (Lipinski definition) is 1. The maximum atomic E-state index is 3.62. The summed E-state index contributed by atoms with van der Waals surface area (Å²) in [5.74, 6) is 0. The molecule has 1 rings (SSSR count). The van der Waals surface area contributed by atoms with Gasteiger partial charge in [0.25, 0.3) is 0 Å². The molecule has 1 fully saturated rings. The predicted octanol–water partition coefficient (Wildman–Crippen LogP) is 1.82. The summed E-state index contributed by atoms with van der Waals surface area (Å²) in [5, 5.41) is 0. The summed E-state index contributed by atoms with van der Waals surface area (Å²) in [6, 6.07) is 1.53. The van der Waals surface area contributed by atoms with Crippen LogP contribution in [-0.4, -0.2) is 16.2 Å². The molecule has 0 radical (unpaired) electrons. The molecular weight excluding hydrogens is 150 g/mol. The van der Waals surface area contributed by atoms with Crippen molar-refractivity contribution in [3.05, 3.63) is 0 Å².